The quantitative estimate of drug-likeness (QED) is 0.775. The standard InChI is InChI=1S/C18H23F2N3O2/c1-18(2,3)17(24)16(23-12-21-11-22-23)6-4-5-9-25-13-7-8-14(19)15(20)10-13/h4-5,7-8,10-12,16-17,24H,6,9H2,1-3H3. The Morgan fingerprint density at radius 2 is 2.00 bits per heavy atom. The Kier molecular flexibility index (Phi) is 6.25. The van der Waals surface area contributed by atoms with E-state index in [2.05, 4.69) is 10.1 Å². The SMILES string of the molecule is CC(C)(C)C(O)C(CC=CCOc1ccc(F)c(F)c1)n1cncn1. The van der Waals surface area contributed by atoms with Gasteiger partial charge in [0.1, 0.15) is 25.0 Å². The van der Waals surface area contributed by atoms with Crippen molar-refractivity contribution in [2.45, 2.75) is 39.3 Å². The molecule has 1 heterocycles. The highest BCUT2D eigenvalue weighted by molar-refractivity contribution is 5.23. The summed E-state index contributed by atoms with van der Waals surface area (Å²) < 4.78 is 32.9. The smallest absolute Gasteiger partial charge is 0.162 e. The summed E-state index contributed by atoms with van der Waals surface area (Å²) in [4.78, 5) is 3.93. The third-order valence-electron chi connectivity index (χ3n) is 3.81. The van der Waals surface area contributed by atoms with Crippen LogP contribution in [0.25, 0.3) is 0 Å². The molecule has 0 saturated heterocycles. The van der Waals surface area contributed by atoms with Gasteiger partial charge in [0, 0.05) is 6.07 Å². The van der Waals surface area contributed by atoms with Crippen LogP contribution in [0.2, 0.25) is 0 Å². The van der Waals surface area contributed by atoms with Crippen LogP contribution < -0.4 is 4.74 Å². The Balaban J connectivity index is 1.93. The molecule has 0 bridgehead atoms. The molecule has 2 rings (SSSR count). The van der Waals surface area contributed by atoms with Gasteiger partial charge in [0.15, 0.2) is 11.6 Å². The number of hydrogen-bond donors (Lipinski definition) is 1. The van der Waals surface area contributed by atoms with E-state index in [1.165, 1.54) is 12.4 Å². The maximum absolute atomic E-state index is 13.1. The number of benzene rings is 1. The van der Waals surface area contributed by atoms with Gasteiger partial charge in [-0.3, -0.25) is 0 Å². The van der Waals surface area contributed by atoms with Gasteiger partial charge in [-0.05, 0) is 24.0 Å². The maximum Gasteiger partial charge on any atom is 0.162 e. The first kappa shape index (κ1) is 19.1. The fraction of sp³-hybridized carbons (Fsp3) is 0.444. The van der Waals surface area contributed by atoms with Gasteiger partial charge in [-0.15, -0.1) is 0 Å². The minimum Gasteiger partial charge on any atom is -0.489 e. The van der Waals surface area contributed by atoms with Gasteiger partial charge in [0.25, 0.3) is 0 Å². The molecule has 0 spiro atoms. The Morgan fingerprint density at radius 1 is 1.24 bits per heavy atom. The Bertz CT molecular complexity index is 697. The van der Waals surface area contributed by atoms with Gasteiger partial charge in [0.05, 0.1) is 12.1 Å². The number of ether oxygens (including phenoxy) is 1. The predicted molar refractivity (Wildman–Crippen MR) is 90.1 cm³/mol. The molecule has 1 aromatic heterocycles. The van der Waals surface area contributed by atoms with Crippen molar-refractivity contribution in [2.75, 3.05) is 6.61 Å². The monoisotopic (exact) mass is 351 g/mol. The van der Waals surface area contributed by atoms with E-state index in [1.54, 1.807) is 17.1 Å². The molecular formula is C18H23F2N3O2. The zero-order chi connectivity index (χ0) is 18.4. The third kappa shape index (κ3) is 5.35. The Hall–Kier alpha value is -2.28. The highest BCUT2D eigenvalue weighted by atomic mass is 19.2. The van der Waals surface area contributed by atoms with Crippen LogP contribution in [0.15, 0.2) is 43.0 Å². The summed E-state index contributed by atoms with van der Waals surface area (Å²) in [5.41, 5.74) is -0.313. The van der Waals surface area contributed by atoms with Crippen LogP contribution in [-0.2, 0) is 0 Å². The lowest BCUT2D eigenvalue weighted by Crippen LogP contribution is -2.35. The topological polar surface area (TPSA) is 60.2 Å². The van der Waals surface area contributed by atoms with E-state index in [9.17, 15) is 13.9 Å². The molecule has 2 aromatic rings. The fourth-order valence-corrected chi connectivity index (χ4v) is 2.36. The summed E-state index contributed by atoms with van der Waals surface area (Å²) in [6.07, 6.45) is 6.54. The van der Waals surface area contributed by atoms with E-state index in [0.29, 0.717) is 6.42 Å². The summed E-state index contributed by atoms with van der Waals surface area (Å²) in [6.45, 7) is 6.08. The Labute approximate surface area is 146 Å². The molecular weight excluding hydrogens is 328 g/mol. The van der Waals surface area contributed by atoms with Gasteiger partial charge in [-0.2, -0.15) is 5.10 Å². The first-order valence-corrected chi connectivity index (χ1v) is 8.04. The number of nitrogens with zero attached hydrogens (tertiary/aromatic N) is 3. The second-order valence-corrected chi connectivity index (χ2v) is 6.85. The molecule has 0 aliphatic heterocycles. The molecule has 25 heavy (non-hydrogen) atoms. The van der Waals surface area contributed by atoms with E-state index >= 15 is 0 Å². The molecule has 1 N–H and O–H groups in total. The largest absolute Gasteiger partial charge is 0.489 e. The van der Waals surface area contributed by atoms with Crippen LogP contribution in [0.5, 0.6) is 5.75 Å². The molecule has 2 unspecified atom stereocenters. The van der Waals surface area contributed by atoms with Crippen molar-refractivity contribution in [3.63, 3.8) is 0 Å². The van der Waals surface area contributed by atoms with Crippen molar-refractivity contribution in [1.82, 2.24) is 14.8 Å². The van der Waals surface area contributed by atoms with Gasteiger partial charge in [-0.25, -0.2) is 18.4 Å². The minimum absolute atomic E-state index is 0.209. The van der Waals surface area contributed by atoms with Gasteiger partial charge >= 0.3 is 0 Å². The molecule has 0 aliphatic rings. The van der Waals surface area contributed by atoms with Crippen LogP contribution in [0.4, 0.5) is 8.78 Å². The minimum atomic E-state index is -0.943. The molecule has 0 aliphatic carbocycles. The van der Waals surface area contributed by atoms with Crippen LogP contribution >= 0.6 is 0 Å². The number of aromatic nitrogens is 3. The van der Waals surface area contributed by atoms with Crippen LogP contribution in [0.1, 0.15) is 33.2 Å². The predicted octanol–water partition coefficient (Wildman–Crippen LogP) is 3.53. The molecule has 7 heteroatoms. The molecule has 2 atom stereocenters. The van der Waals surface area contributed by atoms with E-state index in [-0.39, 0.29) is 23.8 Å². The summed E-state index contributed by atoms with van der Waals surface area (Å²) in [7, 11) is 0. The molecule has 0 saturated carbocycles. The van der Waals surface area contributed by atoms with Crippen molar-refractivity contribution < 1.29 is 18.6 Å². The first-order valence-electron chi connectivity index (χ1n) is 8.04. The maximum atomic E-state index is 13.1. The summed E-state index contributed by atoms with van der Waals surface area (Å²) in [6, 6.07) is 3.13. The molecule has 136 valence electrons. The van der Waals surface area contributed by atoms with Gasteiger partial charge in [0.2, 0.25) is 0 Å². The highest BCUT2D eigenvalue weighted by Gasteiger charge is 2.31. The molecule has 0 fully saturated rings. The van der Waals surface area contributed by atoms with Gasteiger partial charge in [-0.1, -0.05) is 32.9 Å². The van der Waals surface area contributed by atoms with Crippen molar-refractivity contribution in [3.05, 3.63) is 54.6 Å². The van der Waals surface area contributed by atoms with E-state index < -0.39 is 17.7 Å². The van der Waals surface area contributed by atoms with Crippen molar-refractivity contribution >= 4 is 0 Å². The number of aliphatic hydroxyl groups is 1. The number of halogens is 2. The fourth-order valence-electron chi connectivity index (χ4n) is 2.36. The lowest BCUT2D eigenvalue weighted by Gasteiger charge is -2.32. The average molecular weight is 351 g/mol. The number of hydrogen-bond acceptors (Lipinski definition) is 4. The highest BCUT2D eigenvalue weighted by Crippen LogP contribution is 2.30. The summed E-state index contributed by atoms with van der Waals surface area (Å²) >= 11 is 0. The second-order valence-electron chi connectivity index (χ2n) is 6.85. The van der Waals surface area contributed by atoms with E-state index in [4.69, 9.17) is 4.74 Å². The molecule has 0 amide bonds. The molecule has 0 radical (unpaired) electrons. The average Bonchev–Trinajstić information content (AvgIpc) is 3.07. The lowest BCUT2D eigenvalue weighted by molar-refractivity contribution is 0.0133. The molecule has 1 aromatic carbocycles. The Morgan fingerprint density at radius 3 is 2.60 bits per heavy atom. The number of rotatable bonds is 7. The van der Waals surface area contributed by atoms with E-state index in [1.807, 2.05) is 26.8 Å². The van der Waals surface area contributed by atoms with Crippen LogP contribution in [0, 0.1) is 17.0 Å². The zero-order valence-corrected chi connectivity index (χ0v) is 14.6. The van der Waals surface area contributed by atoms with E-state index in [0.717, 1.165) is 12.1 Å². The third-order valence-corrected chi connectivity index (χ3v) is 3.81. The van der Waals surface area contributed by atoms with Crippen LogP contribution in [0.3, 0.4) is 0 Å². The van der Waals surface area contributed by atoms with Crippen molar-refractivity contribution in [1.29, 1.82) is 0 Å². The van der Waals surface area contributed by atoms with Gasteiger partial charge < -0.3 is 9.84 Å². The first-order chi connectivity index (χ1) is 11.8. The van der Waals surface area contributed by atoms with Crippen molar-refractivity contribution in [3.8, 4) is 5.75 Å². The summed E-state index contributed by atoms with van der Waals surface area (Å²) in [5.74, 6) is -1.60. The number of allylic oxidation sites excluding steroid dienone is 1. The second kappa shape index (κ2) is 8.20. The number of aliphatic hydroxyl groups excluding tert-OH is 1. The normalized spacial score (nSPS) is 14.6. The molecule has 5 nitrogen and oxygen atoms in total. The van der Waals surface area contributed by atoms with Crippen molar-refractivity contribution in [2.24, 2.45) is 5.41 Å². The summed E-state index contributed by atoms with van der Waals surface area (Å²) in [5, 5.41) is 14.7. The van der Waals surface area contributed by atoms with Crippen LogP contribution in [-0.4, -0.2) is 32.6 Å². The lowest BCUT2D eigenvalue weighted by atomic mass is 9.83. The zero-order valence-electron chi connectivity index (χ0n) is 14.6.